The molecule has 28 heavy (non-hydrogen) atoms. The van der Waals surface area contributed by atoms with Gasteiger partial charge in [-0.3, -0.25) is 14.5 Å². The summed E-state index contributed by atoms with van der Waals surface area (Å²) in [6.07, 6.45) is 4.70. The summed E-state index contributed by atoms with van der Waals surface area (Å²) in [5.41, 5.74) is 1.90. The van der Waals surface area contributed by atoms with Crippen LogP contribution in [-0.2, 0) is 20.8 Å². The number of carbonyl (C=O) groups excluding carboxylic acids is 2. The minimum Gasteiger partial charge on any atom is -0.469 e. The minimum atomic E-state index is -0.158. The molecule has 1 aromatic rings. The topological polar surface area (TPSA) is 67.9 Å². The highest BCUT2D eigenvalue weighted by Gasteiger charge is 2.22. The van der Waals surface area contributed by atoms with Gasteiger partial charge in [0.1, 0.15) is 0 Å². The lowest BCUT2D eigenvalue weighted by molar-refractivity contribution is -0.140. The van der Waals surface area contributed by atoms with Gasteiger partial charge in [0, 0.05) is 38.2 Å². The van der Waals surface area contributed by atoms with Gasteiger partial charge in [0.15, 0.2) is 0 Å². The minimum absolute atomic E-state index is 0.0327. The Morgan fingerprint density at radius 2 is 1.71 bits per heavy atom. The van der Waals surface area contributed by atoms with Crippen molar-refractivity contribution >= 4 is 11.9 Å². The highest BCUT2D eigenvalue weighted by Crippen LogP contribution is 2.15. The molecule has 2 rings (SSSR count). The summed E-state index contributed by atoms with van der Waals surface area (Å²) in [4.78, 5) is 25.7. The van der Waals surface area contributed by atoms with Gasteiger partial charge in [0.25, 0.3) is 5.91 Å². The second kappa shape index (κ2) is 11.8. The molecule has 0 saturated carbocycles. The zero-order chi connectivity index (χ0) is 20.4. The van der Waals surface area contributed by atoms with E-state index < -0.39 is 0 Å². The Balaban J connectivity index is 1.65. The van der Waals surface area contributed by atoms with Gasteiger partial charge in [0.2, 0.25) is 0 Å². The number of nitrogens with one attached hydrogen (secondary N) is 1. The smallest absolute Gasteiger partial charge is 0.305 e. The van der Waals surface area contributed by atoms with Crippen LogP contribution >= 0.6 is 0 Å². The lowest BCUT2D eigenvalue weighted by atomic mass is 10.1. The van der Waals surface area contributed by atoms with Crippen molar-refractivity contribution in [1.29, 1.82) is 0 Å². The van der Waals surface area contributed by atoms with Crippen LogP contribution < -0.4 is 5.32 Å². The maximum absolute atomic E-state index is 12.2. The molecular formula is C22H34N2O4. The molecule has 2 atom stereocenters. The normalized spacial score (nSPS) is 20.0. The number of nitrogens with zero attached hydrogens (tertiary/aromatic N) is 1. The third-order valence-electron chi connectivity index (χ3n) is 4.94. The van der Waals surface area contributed by atoms with Crippen LogP contribution in [0.1, 0.15) is 61.9 Å². The molecular weight excluding hydrogens is 356 g/mol. The Morgan fingerprint density at radius 1 is 1.07 bits per heavy atom. The van der Waals surface area contributed by atoms with Crippen molar-refractivity contribution in [3.63, 3.8) is 0 Å². The third-order valence-corrected chi connectivity index (χ3v) is 4.94. The summed E-state index contributed by atoms with van der Waals surface area (Å²) < 4.78 is 10.4. The van der Waals surface area contributed by atoms with Gasteiger partial charge >= 0.3 is 5.97 Å². The van der Waals surface area contributed by atoms with E-state index in [4.69, 9.17) is 4.74 Å². The first-order valence-corrected chi connectivity index (χ1v) is 10.3. The number of methoxy groups -OCH3 is 1. The highest BCUT2D eigenvalue weighted by atomic mass is 16.5. The number of carbonyl (C=O) groups is 2. The Hall–Kier alpha value is -1.92. The Bertz CT molecular complexity index is 607. The summed E-state index contributed by atoms with van der Waals surface area (Å²) in [7, 11) is 1.41. The average molecular weight is 391 g/mol. The molecule has 0 aromatic heterocycles. The molecule has 1 fully saturated rings. The largest absolute Gasteiger partial charge is 0.469 e. The summed E-state index contributed by atoms with van der Waals surface area (Å²) >= 11 is 0. The molecule has 6 heteroatoms. The van der Waals surface area contributed by atoms with E-state index in [1.807, 2.05) is 24.3 Å². The van der Waals surface area contributed by atoms with Gasteiger partial charge in [-0.1, -0.05) is 25.0 Å². The molecule has 0 radical (unpaired) electrons. The second-order valence-electron chi connectivity index (χ2n) is 7.64. The van der Waals surface area contributed by atoms with Crippen molar-refractivity contribution in [3.05, 3.63) is 35.4 Å². The maximum Gasteiger partial charge on any atom is 0.305 e. The maximum atomic E-state index is 12.2. The predicted molar refractivity (Wildman–Crippen MR) is 109 cm³/mol. The van der Waals surface area contributed by atoms with E-state index >= 15 is 0 Å². The first-order valence-electron chi connectivity index (χ1n) is 10.3. The van der Waals surface area contributed by atoms with Gasteiger partial charge in [-0.05, 0) is 44.4 Å². The number of amides is 1. The summed E-state index contributed by atoms with van der Waals surface area (Å²) in [5, 5.41) is 2.96. The number of hydrogen-bond acceptors (Lipinski definition) is 5. The molecule has 0 bridgehead atoms. The Labute approximate surface area is 168 Å². The monoisotopic (exact) mass is 390 g/mol. The molecule has 0 aliphatic carbocycles. The van der Waals surface area contributed by atoms with Crippen molar-refractivity contribution in [3.8, 4) is 0 Å². The fraction of sp³-hybridized carbons (Fsp3) is 0.636. The standard InChI is InChI=1S/C22H34N2O4/c1-17-14-24(15-18(2)28-17)16-19-9-11-20(12-10-19)22(26)23-13-7-5-4-6-8-21(25)27-3/h9-12,17-18H,4-8,13-16H2,1-3H3,(H,23,26). The number of ether oxygens (including phenoxy) is 2. The van der Waals surface area contributed by atoms with Crippen LogP contribution in [0.25, 0.3) is 0 Å². The van der Waals surface area contributed by atoms with Crippen LogP contribution in [0.5, 0.6) is 0 Å². The second-order valence-corrected chi connectivity index (χ2v) is 7.64. The van der Waals surface area contributed by atoms with Crippen molar-refractivity contribution in [1.82, 2.24) is 10.2 Å². The molecule has 156 valence electrons. The Kier molecular flexibility index (Phi) is 9.44. The quantitative estimate of drug-likeness (QED) is 0.491. The molecule has 2 unspecified atom stereocenters. The predicted octanol–water partition coefficient (Wildman–Crippen LogP) is 3.15. The van der Waals surface area contributed by atoms with Crippen molar-refractivity contribution in [2.75, 3.05) is 26.7 Å². The van der Waals surface area contributed by atoms with Crippen molar-refractivity contribution in [2.24, 2.45) is 0 Å². The van der Waals surface area contributed by atoms with E-state index in [1.165, 1.54) is 12.7 Å². The number of benzene rings is 1. The zero-order valence-electron chi connectivity index (χ0n) is 17.4. The third kappa shape index (κ3) is 7.98. The van der Waals surface area contributed by atoms with Crippen LogP contribution in [-0.4, -0.2) is 55.7 Å². The highest BCUT2D eigenvalue weighted by molar-refractivity contribution is 5.94. The Morgan fingerprint density at radius 3 is 2.36 bits per heavy atom. The lowest BCUT2D eigenvalue weighted by Crippen LogP contribution is -2.44. The van der Waals surface area contributed by atoms with Gasteiger partial charge < -0.3 is 14.8 Å². The van der Waals surface area contributed by atoms with E-state index in [9.17, 15) is 9.59 Å². The van der Waals surface area contributed by atoms with Crippen LogP contribution in [0.3, 0.4) is 0 Å². The van der Waals surface area contributed by atoms with Gasteiger partial charge in [-0.15, -0.1) is 0 Å². The SMILES string of the molecule is COC(=O)CCCCCCNC(=O)c1ccc(CN2CC(C)OC(C)C2)cc1. The first kappa shape index (κ1) is 22.4. The number of hydrogen-bond donors (Lipinski definition) is 1. The van der Waals surface area contributed by atoms with Crippen LogP contribution in [0.15, 0.2) is 24.3 Å². The van der Waals surface area contributed by atoms with Gasteiger partial charge in [-0.25, -0.2) is 0 Å². The van der Waals surface area contributed by atoms with Gasteiger partial charge in [-0.2, -0.15) is 0 Å². The summed E-state index contributed by atoms with van der Waals surface area (Å²) in [5.74, 6) is -0.191. The number of morpholine rings is 1. The van der Waals surface area contributed by atoms with Crippen molar-refractivity contribution < 1.29 is 19.1 Å². The molecule has 1 saturated heterocycles. The molecule has 1 heterocycles. The van der Waals surface area contributed by atoms with E-state index in [-0.39, 0.29) is 24.1 Å². The lowest BCUT2D eigenvalue weighted by Gasteiger charge is -2.35. The fourth-order valence-corrected chi connectivity index (χ4v) is 3.59. The fourth-order valence-electron chi connectivity index (χ4n) is 3.59. The zero-order valence-corrected chi connectivity index (χ0v) is 17.4. The number of rotatable bonds is 10. The molecule has 1 aliphatic rings. The van der Waals surface area contributed by atoms with Gasteiger partial charge in [0.05, 0.1) is 19.3 Å². The average Bonchev–Trinajstić information content (AvgIpc) is 2.66. The van der Waals surface area contributed by atoms with E-state index in [1.54, 1.807) is 0 Å². The summed E-state index contributed by atoms with van der Waals surface area (Å²) in [6.45, 7) is 7.62. The molecule has 0 spiro atoms. The molecule has 1 aromatic carbocycles. The summed E-state index contributed by atoms with van der Waals surface area (Å²) in [6, 6.07) is 7.86. The van der Waals surface area contributed by atoms with Crippen LogP contribution in [0.4, 0.5) is 0 Å². The van der Waals surface area contributed by atoms with Crippen LogP contribution in [0.2, 0.25) is 0 Å². The number of esters is 1. The molecule has 1 N–H and O–H groups in total. The van der Waals surface area contributed by atoms with E-state index in [0.717, 1.165) is 45.3 Å². The van der Waals surface area contributed by atoms with E-state index in [0.29, 0.717) is 18.5 Å². The van der Waals surface area contributed by atoms with Crippen molar-refractivity contribution in [2.45, 2.75) is 64.7 Å². The molecule has 1 aliphatic heterocycles. The first-order chi connectivity index (χ1) is 13.5. The molecule has 6 nitrogen and oxygen atoms in total. The van der Waals surface area contributed by atoms with E-state index in [2.05, 4.69) is 28.8 Å². The van der Waals surface area contributed by atoms with Crippen LogP contribution in [0, 0.1) is 0 Å². The number of unbranched alkanes of at least 4 members (excludes halogenated alkanes) is 3. The molecule has 1 amide bonds.